The SMILES string of the molecule is C=CCOc1ccccc1[C@H]1NC(=O)c2ccccc2N1. The molecule has 0 saturated heterocycles. The number of para-hydroxylation sites is 2. The summed E-state index contributed by atoms with van der Waals surface area (Å²) in [5.74, 6) is 0.641. The fourth-order valence-corrected chi connectivity index (χ4v) is 2.36. The van der Waals surface area contributed by atoms with Crippen LogP contribution < -0.4 is 15.4 Å². The highest BCUT2D eigenvalue weighted by atomic mass is 16.5. The van der Waals surface area contributed by atoms with E-state index in [2.05, 4.69) is 17.2 Å². The van der Waals surface area contributed by atoms with E-state index in [9.17, 15) is 4.79 Å². The molecule has 1 aliphatic heterocycles. The Morgan fingerprint density at radius 1 is 1.10 bits per heavy atom. The van der Waals surface area contributed by atoms with Gasteiger partial charge in [-0.3, -0.25) is 4.79 Å². The van der Waals surface area contributed by atoms with Gasteiger partial charge in [-0.2, -0.15) is 0 Å². The second-order valence-electron chi connectivity index (χ2n) is 4.73. The fourth-order valence-electron chi connectivity index (χ4n) is 2.36. The van der Waals surface area contributed by atoms with Crippen LogP contribution in [0.25, 0.3) is 0 Å². The Kier molecular flexibility index (Phi) is 3.60. The number of carbonyl (C=O) groups excluding carboxylic acids is 1. The van der Waals surface area contributed by atoms with Crippen LogP contribution in [0, 0.1) is 0 Å². The van der Waals surface area contributed by atoms with Gasteiger partial charge in [0.15, 0.2) is 0 Å². The molecular weight excluding hydrogens is 264 g/mol. The topological polar surface area (TPSA) is 50.4 Å². The number of anilines is 1. The standard InChI is InChI=1S/C17H16N2O2/c1-2-11-21-15-10-6-4-8-13(15)16-18-14-9-5-3-7-12(14)17(20)19-16/h2-10,16,18H,1,11H2,(H,19,20)/t16-/m1/s1. The number of nitrogens with one attached hydrogen (secondary N) is 2. The minimum atomic E-state index is -0.312. The van der Waals surface area contributed by atoms with Crippen LogP contribution >= 0.6 is 0 Å². The van der Waals surface area contributed by atoms with Crippen LogP contribution in [0.1, 0.15) is 22.1 Å². The van der Waals surface area contributed by atoms with Gasteiger partial charge in [-0.15, -0.1) is 0 Å². The average molecular weight is 280 g/mol. The van der Waals surface area contributed by atoms with Crippen LogP contribution in [0.5, 0.6) is 5.75 Å². The molecule has 4 nitrogen and oxygen atoms in total. The van der Waals surface area contributed by atoms with Gasteiger partial charge in [0.05, 0.1) is 5.56 Å². The van der Waals surface area contributed by atoms with Crippen molar-refractivity contribution >= 4 is 11.6 Å². The molecule has 3 rings (SSSR count). The first-order valence-electron chi connectivity index (χ1n) is 6.78. The largest absolute Gasteiger partial charge is 0.489 e. The number of ether oxygens (including phenoxy) is 1. The van der Waals surface area contributed by atoms with Gasteiger partial charge in [0.2, 0.25) is 0 Å². The van der Waals surface area contributed by atoms with E-state index in [4.69, 9.17) is 4.74 Å². The van der Waals surface area contributed by atoms with Crippen LogP contribution in [-0.2, 0) is 0 Å². The maximum Gasteiger partial charge on any atom is 0.255 e. The summed E-state index contributed by atoms with van der Waals surface area (Å²) in [5.41, 5.74) is 2.37. The maximum atomic E-state index is 12.2. The molecule has 1 atom stereocenters. The lowest BCUT2D eigenvalue weighted by Gasteiger charge is -2.29. The monoisotopic (exact) mass is 280 g/mol. The molecule has 0 fully saturated rings. The Balaban J connectivity index is 1.92. The number of benzene rings is 2. The first kappa shape index (κ1) is 13.2. The Morgan fingerprint density at radius 2 is 1.86 bits per heavy atom. The third-order valence-corrected chi connectivity index (χ3v) is 3.33. The molecule has 21 heavy (non-hydrogen) atoms. The smallest absolute Gasteiger partial charge is 0.255 e. The minimum absolute atomic E-state index is 0.0899. The zero-order valence-electron chi connectivity index (χ0n) is 11.5. The van der Waals surface area contributed by atoms with Crippen LogP contribution in [0.2, 0.25) is 0 Å². The zero-order valence-corrected chi connectivity index (χ0v) is 11.5. The lowest BCUT2D eigenvalue weighted by molar-refractivity contribution is 0.0935. The minimum Gasteiger partial charge on any atom is -0.489 e. The van der Waals surface area contributed by atoms with Gasteiger partial charge >= 0.3 is 0 Å². The van der Waals surface area contributed by atoms with Gasteiger partial charge in [0.1, 0.15) is 18.5 Å². The van der Waals surface area contributed by atoms with E-state index >= 15 is 0 Å². The second-order valence-corrected chi connectivity index (χ2v) is 4.73. The van der Waals surface area contributed by atoms with E-state index in [1.165, 1.54) is 0 Å². The molecule has 0 radical (unpaired) electrons. The van der Waals surface area contributed by atoms with Crippen molar-refractivity contribution in [1.82, 2.24) is 5.32 Å². The summed E-state index contributed by atoms with van der Waals surface area (Å²) in [5, 5.41) is 6.27. The third-order valence-electron chi connectivity index (χ3n) is 3.33. The van der Waals surface area contributed by atoms with E-state index in [-0.39, 0.29) is 12.1 Å². The molecule has 0 aliphatic carbocycles. The number of carbonyl (C=O) groups is 1. The maximum absolute atomic E-state index is 12.2. The number of amides is 1. The average Bonchev–Trinajstić information content (AvgIpc) is 2.53. The van der Waals surface area contributed by atoms with Gasteiger partial charge in [-0.1, -0.05) is 43.0 Å². The van der Waals surface area contributed by atoms with Gasteiger partial charge in [0, 0.05) is 11.3 Å². The van der Waals surface area contributed by atoms with Crippen LogP contribution in [-0.4, -0.2) is 12.5 Å². The highest BCUT2D eigenvalue weighted by Crippen LogP contribution is 2.31. The van der Waals surface area contributed by atoms with Crippen molar-refractivity contribution in [1.29, 1.82) is 0 Å². The van der Waals surface area contributed by atoms with E-state index in [0.29, 0.717) is 12.2 Å². The molecule has 2 N–H and O–H groups in total. The van der Waals surface area contributed by atoms with Gasteiger partial charge in [0.25, 0.3) is 5.91 Å². The summed E-state index contributed by atoms with van der Waals surface area (Å²) in [6.45, 7) is 4.07. The Bertz CT molecular complexity index is 682. The van der Waals surface area contributed by atoms with Crippen molar-refractivity contribution in [2.45, 2.75) is 6.17 Å². The highest BCUT2D eigenvalue weighted by Gasteiger charge is 2.25. The number of rotatable bonds is 4. The lowest BCUT2D eigenvalue weighted by atomic mass is 10.1. The van der Waals surface area contributed by atoms with E-state index < -0.39 is 0 Å². The van der Waals surface area contributed by atoms with Crippen molar-refractivity contribution in [3.63, 3.8) is 0 Å². The number of hydrogen-bond donors (Lipinski definition) is 2. The quantitative estimate of drug-likeness (QED) is 0.846. The van der Waals surface area contributed by atoms with E-state index in [1.807, 2.05) is 42.5 Å². The summed E-state index contributed by atoms with van der Waals surface area (Å²) in [7, 11) is 0. The van der Waals surface area contributed by atoms with Gasteiger partial charge in [-0.05, 0) is 18.2 Å². The first-order valence-corrected chi connectivity index (χ1v) is 6.78. The van der Waals surface area contributed by atoms with E-state index in [0.717, 1.165) is 17.0 Å². The summed E-state index contributed by atoms with van der Waals surface area (Å²) >= 11 is 0. The Labute approximate surface area is 123 Å². The van der Waals surface area contributed by atoms with E-state index in [1.54, 1.807) is 12.1 Å². The molecule has 106 valence electrons. The Hall–Kier alpha value is -2.75. The van der Waals surface area contributed by atoms with Crippen molar-refractivity contribution in [3.8, 4) is 5.75 Å². The van der Waals surface area contributed by atoms with Crippen molar-refractivity contribution in [2.75, 3.05) is 11.9 Å². The fraction of sp³-hybridized carbons (Fsp3) is 0.118. The molecule has 0 spiro atoms. The molecular formula is C17H16N2O2. The summed E-state index contributed by atoms with van der Waals surface area (Å²) in [6.07, 6.45) is 1.38. The van der Waals surface area contributed by atoms with Crippen molar-refractivity contribution < 1.29 is 9.53 Å². The summed E-state index contributed by atoms with van der Waals surface area (Å²) in [4.78, 5) is 12.2. The molecule has 0 saturated carbocycles. The number of fused-ring (bicyclic) bond motifs is 1. The third kappa shape index (κ3) is 2.60. The second kappa shape index (κ2) is 5.71. The molecule has 2 aromatic rings. The lowest BCUT2D eigenvalue weighted by Crippen LogP contribution is -2.38. The van der Waals surface area contributed by atoms with Crippen LogP contribution in [0.15, 0.2) is 61.2 Å². The van der Waals surface area contributed by atoms with Crippen molar-refractivity contribution in [3.05, 3.63) is 72.3 Å². The Morgan fingerprint density at radius 3 is 2.71 bits per heavy atom. The molecule has 1 heterocycles. The molecule has 1 amide bonds. The molecule has 0 aromatic heterocycles. The van der Waals surface area contributed by atoms with Gasteiger partial charge in [-0.25, -0.2) is 0 Å². The molecule has 4 heteroatoms. The summed E-state index contributed by atoms with van der Waals surface area (Å²) < 4.78 is 5.65. The molecule has 1 aliphatic rings. The van der Waals surface area contributed by atoms with Gasteiger partial charge < -0.3 is 15.4 Å². The molecule has 0 bridgehead atoms. The van der Waals surface area contributed by atoms with Crippen LogP contribution in [0.4, 0.5) is 5.69 Å². The molecule has 0 unspecified atom stereocenters. The number of hydrogen-bond acceptors (Lipinski definition) is 3. The van der Waals surface area contributed by atoms with Crippen LogP contribution in [0.3, 0.4) is 0 Å². The highest BCUT2D eigenvalue weighted by molar-refractivity contribution is 6.01. The normalized spacial score (nSPS) is 16.4. The first-order chi connectivity index (χ1) is 10.3. The molecule has 2 aromatic carbocycles. The zero-order chi connectivity index (χ0) is 14.7. The predicted octanol–water partition coefficient (Wildman–Crippen LogP) is 3.11. The van der Waals surface area contributed by atoms with Crippen molar-refractivity contribution in [2.24, 2.45) is 0 Å². The summed E-state index contributed by atoms with van der Waals surface area (Å²) in [6, 6.07) is 15.1. The predicted molar refractivity (Wildman–Crippen MR) is 82.4 cm³/mol.